The molecule has 4 heteroatoms. The SMILES string of the molecule is COC(=O)CC1(CN=C=O)CCC(C)C1. The van der Waals surface area contributed by atoms with Gasteiger partial charge in [-0.1, -0.05) is 13.3 Å². The summed E-state index contributed by atoms with van der Waals surface area (Å²) in [6.07, 6.45) is 4.87. The monoisotopic (exact) mass is 211 g/mol. The van der Waals surface area contributed by atoms with Crippen molar-refractivity contribution in [2.45, 2.75) is 32.6 Å². The van der Waals surface area contributed by atoms with Crippen LogP contribution in [0.3, 0.4) is 0 Å². The van der Waals surface area contributed by atoms with Gasteiger partial charge >= 0.3 is 5.97 Å². The first kappa shape index (κ1) is 11.9. The predicted octanol–water partition coefficient (Wildman–Crippen LogP) is 1.69. The summed E-state index contributed by atoms with van der Waals surface area (Å²) >= 11 is 0. The van der Waals surface area contributed by atoms with Gasteiger partial charge in [-0.25, -0.2) is 9.79 Å². The first-order valence-corrected chi connectivity index (χ1v) is 5.22. The van der Waals surface area contributed by atoms with Gasteiger partial charge < -0.3 is 4.74 Å². The summed E-state index contributed by atoms with van der Waals surface area (Å²) in [6.45, 7) is 2.56. The van der Waals surface area contributed by atoms with Crippen molar-refractivity contribution in [2.24, 2.45) is 16.3 Å². The van der Waals surface area contributed by atoms with Crippen LogP contribution in [0.2, 0.25) is 0 Å². The number of rotatable bonds is 4. The molecule has 1 rings (SSSR count). The Morgan fingerprint density at radius 2 is 2.40 bits per heavy atom. The van der Waals surface area contributed by atoms with Crippen molar-refractivity contribution in [3.63, 3.8) is 0 Å². The third-order valence-electron chi connectivity index (χ3n) is 3.17. The molecule has 0 N–H and O–H groups in total. The molecule has 4 nitrogen and oxygen atoms in total. The summed E-state index contributed by atoms with van der Waals surface area (Å²) in [6, 6.07) is 0. The van der Waals surface area contributed by atoms with Crippen LogP contribution in [0.4, 0.5) is 0 Å². The molecule has 0 aromatic heterocycles. The van der Waals surface area contributed by atoms with Crippen LogP contribution in [-0.2, 0) is 14.3 Å². The molecule has 0 aromatic carbocycles. The third kappa shape index (κ3) is 3.17. The second-order valence-electron chi connectivity index (χ2n) is 4.51. The van der Waals surface area contributed by atoms with Crippen LogP contribution < -0.4 is 0 Å². The number of hydrogen-bond donors (Lipinski definition) is 0. The molecule has 84 valence electrons. The van der Waals surface area contributed by atoms with E-state index in [1.165, 1.54) is 7.11 Å². The molecule has 0 saturated heterocycles. The van der Waals surface area contributed by atoms with E-state index < -0.39 is 0 Å². The Morgan fingerprint density at radius 1 is 1.67 bits per heavy atom. The van der Waals surface area contributed by atoms with Crippen molar-refractivity contribution in [1.29, 1.82) is 0 Å². The van der Waals surface area contributed by atoms with Crippen molar-refractivity contribution in [2.75, 3.05) is 13.7 Å². The minimum absolute atomic E-state index is 0.163. The highest BCUT2D eigenvalue weighted by atomic mass is 16.5. The standard InChI is InChI=1S/C11H17NO3/c1-9-3-4-11(5-9,7-12-8-13)6-10(14)15-2/h9H,3-7H2,1-2H3. The number of isocyanates is 1. The Bertz CT molecular complexity index is 284. The largest absolute Gasteiger partial charge is 0.469 e. The summed E-state index contributed by atoms with van der Waals surface area (Å²) < 4.78 is 4.67. The average Bonchev–Trinajstić information content (AvgIpc) is 2.57. The van der Waals surface area contributed by atoms with Crippen LogP contribution >= 0.6 is 0 Å². The highest BCUT2D eigenvalue weighted by Gasteiger charge is 2.39. The fourth-order valence-corrected chi connectivity index (χ4v) is 2.43. The molecule has 1 aliphatic rings. The van der Waals surface area contributed by atoms with E-state index in [1.54, 1.807) is 6.08 Å². The molecule has 0 spiro atoms. The summed E-state index contributed by atoms with van der Waals surface area (Å²) in [5, 5.41) is 0. The third-order valence-corrected chi connectivity index (χ3v) is 3.17. The zero-order chi connectivity index (χ0) is 11.3. The lowest BCUT2D eigenvalue weighted by atomic mass is 9.82. The quantitative estimate of drug-likeness (QED) is 0.404. The highest BCUT2D eigenvalue weighted by molar-refractivity contribution is 5.70. The Labute approximate surface area is 89.7 Å². The summed E-state index contributed by atoms with van der Waals surface area (Å²) in [4.78, 5) is 25.0. The molecule has 1 aliphatic carbocycles. The van der Waals surface area contributed by atoms with Gasteiger partial charge in [0.25, 0.3) is 0 Å². The van der Waals surface area contributed by atoms with Gasteiger partial charge in [0.1, 0.15) is 0 Å². The lowest BCUT2D eigenvalue weighted by molar-refractivity contribution is -0.143. The minimum atomic E-state index is -0.217. The number of ether oxygens (including phenoxy) is 1. The summed E-state index contributed by atoms with van der Waals surface area (Å²) in [5.74, 6) is 0.377. The number of carbonyl (C=O) groups excluding carboxylic acids is 2. The molecule has 0 aromatic rings. The molecule has 1 saturated carbocycles. The van der Waals surface area contributed by atoms with Crippen molar-refractivity contribution in [3.8, 4) is 0 Å². The molecule has 2 unspecified atom stereocenters. The molecular weight excluding hydrogens is 194 g/mol. The summed E-state index contributed by atoms with van der Waals surface area (Å²) in [7, 11) is 1.39. The number of hydrogen-bond acceptors (Lipinski definition) is 4. The van der Waals surface area contributed by atoms with Crippen molar-refractivity contribution < 1.29 is 14.3 Å². The van der Waals surface area contributed by atoms with Crippen molar-refractivity contribution in [3.05, 3.63) is 0 Å². The second-order valence-corrected chi connectivity index (χ2v) is 4.51. The molecule has 1 fully saturated rings. The smallest absolute Gasteiger partial charge is 0.306 e. The maximum absolute atomic E-state index is 11.3. The highest BCUT2D eigenvalue weighted by Crippen LogP contribution is 2.44. The number of methoxy groups -OCH3 is 1. The van der Waals surface area contributed by atoms with Crippen LogP contribution in [0.5, 0.6) is 0 Å². The van der Waals surface area contributed by atoms with Gasteiger partial charge in [-0.05, 0) is 18.8 Å². The van der Waals surface area contributed by atoms with Crippen LogP contribution in [0.15, 0.2) is 4.99 Å². The van der Waals surface area contributed by atoms with Gasteiger partial charge in [0, 0.05) is 5.41 Å². The molecule has 0 bridgehead atoms. The molecular formula is C11H17NO3. The van der Waals surface area contributed by atoms with E-state index in [0.717, 1.165) is 19.3 Å². The van der Waals surface area contributed by atoms with Crippen molar-refractivity contribution >= 4 is 12.0 Å². The van der Waals surface area contributed by atoms with Crippen LogP contribution in [0.25, 0.3) is 0 Å². The first-order chi connectivity index (χ1) is 7.12. The molecule has 0 amide bonds. The molecule has 0 radical (unpaired) electrons. The second kappa shape index (κ2) is 5.08. The Morgan fingerprint density at radius 3 is 2.87 bits per heavy atom. The van der Waals surface area contributed by atoms with Gasteiger partial charge in [0.15, 0.2) is 0 Å². The van der Waals surface area contributed by atoms with Crippen LogP contribution in [0.1, 0.15) is 32.6 Å². The Balaban J connectivity index is 2.68. The van der Waals surface area contributed by atoms with E-state index >= 15 is 0 Å². The maximum atomic E-state index is 11.3. The lowest BCUT2D eigenvalue weighted by Crippen LogP contribution is -2.25. The van der Waals surface area contributed by atoms with Gasteiger partial charge in [0.05, 0.1) is 20.1 Å². The topological polar surface area (TPSA) is 55.7 Å². The molecule has 2 atom stereocenters. The first-order valence-electron chi connectivity index (χ1n) is 5.22. The maximum Gasteiger partial charge on any atom is 0.306 e. The number of esters is 1. The van der Waals surface area contributed by atoms with Crippen LogP contribution in [-0.4, -0.2) is 25.7 Å². The molecule has 0 heterocycles. The Kier molecular flexibility index (Phi) is 4.04. The van der Waals surface area contributed by atoms with Gasteiger partial charge in [-0.2, -0.15) is 0 Å². The number of carbonyl (C=O) groups is 1. The molecule has 0 aliphatic heterocycles. The summed E-state index contributed by atoms with van der Waals surface area (Å²) in [5.41, 5.74) is -0.163. The van der Waals surface area contributed by atoms with E-state index in [1.807, 2.05) is 0 Å². The van der Waals surface area contributed by atoms with E-state index in [9.17, 15) is 9.59 Å². The average molecular weight is 211 g/mol. The lowest BCUT2D eigenvalue weighted by Gasteiger charge is -2.25. The zero-order valence-electron chi connectivity index (χ0n) is 9.28. The fraction of sp³-hybridized carbons (Fsp3) is 0.818. The van der Waals surface area contributed by atoms with E-state index in [2.05, 4.69) is 16.7 Å². The van der Waals surface area contributed by atoms with Crippen LogP contribution in [0, 0.1) is 11.3 Å². The van der Waals surface area contributed by atoms with E-state index in [-0.39, 0.29) is 11.4 Å². The van der Waals surface area contributed by atoms with Crippen molar-refractivity contribution in [1.82, 2.24) is 0 Å². The van der Waals surface area contributed by atoms with Gasteiger partial charge in [0.2, 0.25) is 6.08 Å². The number of aliphatic imine (C=N–C) groups is 1. The fourth-order valence-electron chi connectivity index (χ4n) is 2.43. The van der Waals surface area contributed by atoms with Gasteiger partial charge in [-0.15, -0.1) is 0 Å². The predicted molar refractivity (Wildman–Crippen MR) is 55.1 cm³/mol. The minimum Gasteiger partial charge on any atom is -0.469 e. The van der Waals surface area contributed by atoms with Gasteiger partial charge in [-0.3, -0.25) is 4.79 Å². The zero-order valence-corrected chi connectivity index (χ0v) is 9.28. The number of nitrogens with zero attached hydrogens (tertiary/aromatic N) is 1. The Hall–Kier alpha value is -1.15. The molecule has 15 heavy (non-hydrogen) atoms. The normalized spacial score (nSPS) is 29.6. The van der Waals surface area contributed by atoms with E-state index in [0.29, 0.717) is 18.9 Å². The van der Waals surface area contributed by atoms with E-state index in [4.69, 9.17) is 0 Å².